The van der Waals surface area contributed by atoms with E-state index in [-0.39, 0.29) is 0 Å². The van der Waals surface area contributed by atoms with Crippen LogP contribution in [0, 0.1) is 12.8 Å². The summed E-state index contributed by atoms with van der Waals surface area (Å²) in [6.45, 7) is 6.32. The third kappa shape index (κ3) is 2.55. The molecule has 0 N–H and O–H groups in total. The van der Waals surface area contributed by atoms with Crippen LogP contribution in [0.1, 0.15) is 39.0 Å². The maximum Gasteiger partial charge on any atom is -0.0283 e. The van der Waals surface area contributed by atoms with Crippen LogP contribution in [0.2, 0.25) is 0 Å². The smallest absolute Gasteiger partial charge is 0.0283 e. The van der Waals surface area contributed by atoms with Crippen LogP contribution in [-0.4, -0.2) is 0 Å². The molecule has 0 nitrogen and oxygen atoms in total. The molecule has 0 spiro atoms. The molecule has 0 saturated carbocycles. The SMILES string of the molecule is [CH2]C1=CCC(C)CCCC1. The zero-order chi connectivity index (χ0) is 7.40. The van der Waals surface area contributed by atoms with Crippen molar-refractivity contribution < 1.29 is 0 Å². The van der Waals surface area contributed by atoms with Crippen molar-refractivity contribution in [1.29, 1.82) is 0 Å². The number of rotatable bonds is 0. The Balaban J connectivity index is 2.42. The van der Waals surface area contributed by atoms with Gasteiger partial charge in [0.05, 0.1) is 0 Å². The molecular weight excluding hydrogens is 120 g/mol. The number of hydrogen-bond donors (Lipinski definition) is 0. The van der Waals surface area contributed by atoms with Crippen LogP contribution >= 0.6 is 0 Å². The molecule has 0 aromatic heterocycles. The van der Waals surface area contributed by atoms with Crippen molar-refractivity contribution in [3.63, 3.8) is 0 Å². The van der Waals surface area contributed by atoms with Crippen LogP contribution in [0.15, 0.2) is 11.6 Å². The van der Waals surface area contributed by atoms with Crippen molar-refractivity contribution >= 4 is 0 Å². The lowest BCUT2D eigenvalue weighted by atomic mass is 9.94. The van der Waals surface area contributed by atoms with Crippen molar-refractivity contribution in [3.05, 3.63) is 18.6 Å². The van der Waals surface area contributed by atoms with Crippen LogP contribution in [0.3, 0.4) is 0 Å². The molecule has 10 heavy (non-hydrogen) atoms. The van der Waals surface area contributed by atoms with Gasteiger partial charge in [0.25, 0.3) is 0 Å². The highest BCUT2D eigenvalue weighted by atomic mass is 14.1. The summed E-state index contributed by atoms with van der Waals surface area (Å²) in [5.41, 5.74) is 1.35. The Hall–Kier alpha value is -0.260. The summed E-state index contributed by atoms with van der Waals surface area (Å²) in [6, 6.07) is 0. The first kappa shape index (κ1) is 7.84. The van der Waals surface area contributed by atoms with Gasteiger partial charge in [-0.25, -0.2) is 0 Å². The summed E-state index contributed by atoms with van der Waals surface area (Å²) >= 11 is 0. The quantitative estimate of drug-likeness (QED) is 0.480. The molecule has 1 aliphatic rings. The third-order valence-corrected chi connectivity index (χ3v) is 2.25. The van der Waals surface area contributed by atoms with Crippen LogP contribution in [-0.2, 0) is 0 Å². The van der Waals surface area contributed by atoms with Gasteiger partial charge in [-0.2, -0.15) is 0 Å². The maximum atomic E-state index is 3.99. The zero-order valence-corrected chi connectivity index (χ0v) is 6.90. The predicted molar refractivity (Wildman–Crippen MR) is 45.7 cm³/mol. The van der Waals surface area contributed by atoms with Gasteiger partial charge in [-0.1, -0.05) is 31.4 Å². The van der Waals surface area contributed by atoms with Crippen molar-refractivity contribution in [2.24, 2.45) is 5.92 Å². The molecule has 0 aliphatic heterocycles. The van der Waals surface area contributed by atoms with Gasteiger partial charge < -0.3 is 0 Å². The van der Waals surface area contributed by atoms with Crippen LogP contribution in [0.5, 0.6) is 0 Å². The van der Waals surface area contributed by atoms with E-state index in [9.17, 15) is 0 Å². The highest BCUT2D eigenvalue weighted by Crippen LogP contribution is 2.20. The molecule has 1 unspecified atom stereocenters. The average molecular weight is 137 g/mol. The van der Waals surface area contributed by atoms with Crippen LogP contribution in [0.4, 0.5) is 0 Å². The standard InChI is InChI=1S/C10H17/c1-9-5-3-4-6-10(2)8-7-9/h7,10H,1,3-6,8H2,2H3. The van der Waals surface area contributed by atoms with Crippen molar-refractivity contribution in [1.82, 2.24) is 0 Å². The van der Waals surface area contributed by atoms with E-state index in [0.29, 0.717) is 0 Å². The second kappa shape index (κ2) is 3.80. The topological polar surface area (TPSA) is 0 Å². The molecule has 57 valence electrons. The van der Waals surface area contributed by atoms with Gasteiger partial charge in [0.1, 0.15) is 0 Å². The average Bonchev–Trinajstić information content (AvgIpc) is 1.90. The molecule has 1 aliphatic carbocycles. The van der Waals surface area contributed by atoms with Gasteiger partial charge in [0.2, 0.25) is 0 Å². The third-order valence-electron chi connectivity index (χ3n) is 2.25. The minimum atomic E-state index is 0.886. The highest BCUT2D eigenvalue weighted by molar-refractivity contribution is 5.06. The van der Waals surface area contributed by atoms with Gasteiger partial charge in [-0.05, 0) is 32.1 Å². The Morgan fingerprint density at radius 2 is 2.30 bits per heavy atom. The molecule has 1 rings (SSSR count). The molecule has 0 heteroatoms. The summed E-state index contributed by atoms with van der Waals surface area (Å²) in [4.78, 5) is 0. The van der Waals surface area contributed by atoms with E-state index in [1.165, 1.54) is 37.7 Å². The summed E-state index contributed by atoms with van der Waals surface area (Å²) in [5, 5.41) is 0. The van der Waals surface area contributed by atoms with Crippen molar-refractivity contribution in [2.75, 3.05) is 0 Å². The van der Waals surface area contributed by atoms with E-state index < -0.39 is 0 Å². The van der Waals surface area contributed by atoms with Crippen LogP contribution < -0.4 is 0 Å². The Kier molecular flexibility index (Phi) is 2.98. The van der Waals surface area contributed by atoms with Crippen molar-refractivity contribution in [2.45, 2.75) is 39.0 Å². The number of hydrogen-bond acceptors (Lipinski definition) is 0. The molecule has 0 fully saturated rings. The first-order chi connectivity index (χ1) is 4.79. The molecule has 1 atom stereocenters. The molecule has 0 aromatic carbocycles. The Bertz CT molecular complexity index is 122. The maximum absolute atomic E-state index is 3.99. The molecule has 1 radical (unpaired) electrons. The molecule has 0 saturated heterocycles. The van der Waals surface area contributed by atoms with Gasteiger partial charge in [-0.3, -0.25) is 0 Å². The molecule has 0 aromatic rings. The lowest BCUT2D eigenvalue weighted by Gasteiger charge is -2.12. The largest absolute Gasteiger partial charge is 0.0851 e. The molecule has 0 amide bonds. The summed E-state index contributed by atoms with van der Waals surface area (Å²) in [5.74, 6) is 0.886. The van der Waals surface area contributed by atoms with E-state index in [1.54, 1.807) is 0 Å². The highest BCUT2D eigenvalue weighted by Gasteiger charge is 2.03. The monoisotopic (exact) mass is 137 g/mol. The Labute approximate surface area is 64.3 Å². The van der Waals surface area contributed by atoms with E-state index in [2.05, 4.69) is 19.9 Å². The normalized spacial score (nSPS) is 28.6. The minimum absolute atomic E-state index is 0.886. The lowest BCUT2D eigenvalue weighted by Crippen LogP contribution is -1.96. The van der Waals surface area contributed by atoms with Gasteiger partial charge in [0, 0.05) is 0 Å². The molecular formula is C10H17. The number of allylic oxidation sites excluding steroid dienone is 2. The van der Waals surface area contributed by atoms with E-state index >= 15 is 0 Å². The lowest BCUT2D eigenvalue weighted by molar-refractivity contribution is 0.492. The van der Waals surface area contributed by atoms with Crippen molar-refractivity contribution in [3.8, 4) is 0 Å². The van der Waals surface area contributed by atoms with Gasteiger partial charge in [-0.15, -0.1) is 0 Å². The second-order valence-electron chi connectivity index (χ2n) is 3.45. The summed E-state index contributed by atoms with van der Waals surface area (Å²) in [7, 11) is 0. The molecule has 0 bridgehead atoms. The summed E-state index contributed by atoms with van der Waals surface area (Å²) in [6.07, 6.45) is 8.94. The van der Waals surface area contributed by atoms with E-state index in [0.717, 1.165) is 5.92 Å². The fourth-order valence-corrected chi connectivity index (χ4v) is 1.43. The first-order valence-electron chi connectivity index (χ1n) is 4.30. The van der Waals surface area contributed by atoms with E-state index in [4.69, 9.17) is 0 Å². The second-order valence-corrected chi connectivity index (χ2v) is 3.45. The molecule has 0 heterocycles. The van der Waals surface area contributed by atoms with Crippen LogP contribution in [0.25, 0.3) is 0 Å². The predicted octanol–water partition coefficient (Wildman–Crippen LogP) is 3.35. The Morgan fingerprint density at radius 3 is 3.10 bits per heavy atom. The summed E-state index contributed by atoms with van der Waals surface area (Å²) < 4.78 is 0. The van der Waals surface area contributed by atoms with E-state index in [1.807, 2.05) is 0 Å². The Morgan fingerprint density at radius 1 is 1.50 bits per heavy atom. The fourth-order valence-electron chi connectivity index (χ4n) is 1.43. The van der Waals surface area contributed by atoms with Gasteiger partial charge in [0.15, 0.2) is 0 Å². The minimum Gasteiger partial charge on any atom is -0.0851 e. The fraction of sp³-hybridized carbons (Fsp3) is 0.700. The first-order valence-corrected chi connectivity index (χ1v) is 4.30. The van der Waals surface area contributed by atoms with Gasteiger partial charge >= 0.3 is 0 Å². The zero-order valence-electron chi connectivity index (χ0n) is 6.90.